The zero-order chi connectivity index (χ0) is 21.9. The minimum atomic E-state index is -0.920. The summed E-state index contributed by atoms with van der Waals surface area (Å²) in [5.41, 5.74) is 8.05. The molecular weight excluding hydrogens is 382 g/mol. The zero-order valence-electron chi connectivity index (χ0n) is 16.8. The van der Waals surface area contributed by atoms with Gasteiger partial charge in [0.1, 0.15) is 12.6 Å². The summed E-state index contributed by atoms with van der Waals surface area (Å²) in [7, 11) is 0. The molecule has 7 nitrogen and oxygen atoms in total. The molecule has 2 aromatic carbocycles. The molecule has 156 valence electrons. The van der Waals surface area contributed by atoms with Gasteiger partial charge in [-0.3, -0.25) is 14.4 Å². The minimum absolute atomic E-state index is 0.0148. The molecule has 0 spiro atoms. The van der Waals surface area contributed by atoms with Crippen LogP contribution in [0.5, 0.6) is 0 Å². The van der Waals surface area contributed by atoms with Crippen molar-refractivity contribution in [1.82, 2.24) is 5.32 Å². The smallest absolute Gasteiger partial charge is 0.251 e. The first kappa shape index (κ1) is 22.8. The molecule has 0 unspecified atom stereocenters. The summed E-state index contributed by atoms with van der Waals surface area (Å²) in [6.45, 7) is 1.19. The molecule has 0 heterocycles. The van der Waals surface area contributed by atoms with Crippen molar-refractivity contribution in [2.24, 2.45) is 5.73 Å². The predicted molar refractivity (Wildman–Crippen MR) is 115 cm³/mol. The van der Waals surface area contributed by atoms with E-state index in [1.807, 2.05) is 19.1 Å². The highest BCUT2D eigenvalue weighted by atomic mass is 16.3. The van der Waals surface area contributed by atoms with Gasteiger partial charge in [0.25, 0.3) is 5.91 Å². The molecule has 1 atom stereocenters. The Hall–Kier alpha value is -3.47. The average Bonchev–Trinajstić information content (AvgIpc) is 2.76. The number of nitrogens with two attached hydrogens (primary N) is 1. The molecule has 30 heavy (non-hydrogen) atoms. The Bertz CT molecular complexity index is 941. The Kier molecular flexibility index (Phi) is 8.75. The lowest BCUT2D eigenvalue weighted by Gasteiger charge is -2.14. The molecule has 7 heteroatoms. The summed E-state index contributed by atoms with van der Waals surface area (Å²) < 4.78 is 0. The van der Waals surface area contributed by atoms with E-state index in [1.54, 1.807) is 36.4 Å². The maximum absolute atomic E-state index is 12.2. The van der Waals surface area contributed by atoms with E-state index >= 15 is 0 Å². The number of Topliss-reactive ketones (excluding diaryl/α,β-unsaturated/α-hetero) is 1. The third-order valence-electron chi connectivity index (χ3n) is 4.23. The normalized spacial score (nSPS) is 11.0. The summed E-state index contributed by atoms with van der Waals surface area (Å²) in [6.07, 6.45) is 1.28. The fraction of sp³-hybridized carbons (Fsp3) is 0.261. The van der Waals surface area contributed by atoms with Gasteiger partial charge < -0.3 is 21.5 Å². The maximum Gasteiger partial charge on any atom is 0.251 e. The van der Waals surface area contributed by atoms with Gasteiger partial charge in [0, 0.05) is 35.3 Å². The van der Waals surface area contributed by atoms with Crippen LogP contribution in [0.3, 0.4) is 0 Å². The Labute approximate surface area is 175 Å². The van der Waals surface area contributed by atoms with Crippen LogP contribution >= 0.6 is 0 Å². The average molecular weight is 407 g/mol. The lowest BCUT2D eigenvalue weighted by atomic mass is 10.1. The number of carbonyl (C=O) groups excluding carboxylic acids is 3. The Morgan fingerprint density at radius 1 is 1.00 bits per heavy atom. The molecule has 0 aromatic heterocycles. The first-order valence-corrected chi connectivity index (χ1v) is 9.63. The third-order valence-corrected chi connectivity index (χ3v) is 4.23. The fourth-order valence-corrected chi connectivity index (χ4v) is 2.56. The Morgan fingerprint density at radius 3 is 2.07 bits per heavy atom. The van der Waals surface area contributed by atoms with Gasteiger partial charge in [0.15, 0.2) is 5.78 Å². The van der Waals surface area contributed by atoms with E-state index in [1.165, 1.54) is 0 Å². The van der Waals surface area contributed by atoms with Gasteiger partial charge in [-0.05, 0) is 55.0 Å². The summed E-state index contributed by atoms with van der Waals surface area (Å²) in [4.78, 5) is 35.3. The highest BCUT2D eigenvalue weighted by molar-refractivity contribution is 5.98. The van der Waals surface area contributed by atoms with E-state index in [4.69, 9.17) is 10.8 Å². The second-order valence-corrected chi connectivity index (χ2v) is 6.59. The van der Waals surface area contributed by atoms with E-state index in [0.29, 0.717) is 17.5 Å². The quantitative estimate of drug-likeness (QED) is 0.494. The molecule has 0 aliphatic carbocycles. The number of nitrogens with one attached hydrogen (secondary N) is 2. The molecule has 0 bridgehead atoms. The number of aliphatic hydroxyl groups excluding tert-OH is 1. The van der Waals surface area contributed by atoms with Crippen molar-refractivity contribution in [2.75, 3.05) is 18.5 Å². The van der Waals surface area contributed by atoms with Crippen LogP contribution < -0.4 is 16.4 Å². The van der Waals surface area contributed by atoms with Gasteiger partial charge in [-0.25, -0.2) is 0 Å². The first-order chi connectivity index (χ1) is 14.5. The van der Waals surface area contributed by atoms with Crippen LogP contribution in [-0.4, -0.2) is 41.9 Å². The van der Waals surface area contributed by atoms with Gasteiger partial charge in [-0.15, -0.1) is 0 Å². The van der Waals surface area contributed by atoms with Crippen molar-refractivity contribution in [1.29, 1.82) is 0 Å². The number of aliphatic hydroxyl groups is 1. The van der Waals surface area contributed by atoms with E-state index < -0.39 is 24.3 Å². The van der Waals surface area contributed by atoms with Gasteiger partial charge >= 0.3 is 0 Å². The molecule has 5 N–H and O–H groups in total. The predicted octanol–water partition coefficient (Wildman–Crippen LogP) is 1.44. The van der Waals surface area contributed by atoms with Gasteiger partial charge in [-0.1, -0.05) is 18.8 Å². The Morgan fingerprint density at radius 2 is 1.57 bits per heavy atom. The second-order valence-electron chi connectivity index (χ2n) is 6.59. The van der Waals surface area contributed by atoms with Crippen molar-refractivity contribution < 1.29 is 19.5 Å². The SMILES string of the molecule is CCCC(=O)Nc1ccc(C#Cc2ccc(C(=O)N[C@@H](CN)C(=O)CO)cc2)cc1. The number of hydrogen-bond donors (Lipinski definition) is 4. The molecule has 0 aliphatic heterocycles. The number of rotatable bonds is 8. The minimum Gasteiger partial charge on any atom is -0.388 e. The van der Waals surface area contributed by atoms with Crippen LogP contribution in [0, 0.1) is 11.8 Å². The number of hydrogen-bond acceptors (Lipinski definition) is 5. The molecular formula is C23H25N3O4. The van der Waals surface area contributed by atoms with Crippen molar-refractivity contribution in [2.45, 2.75) is 25.8 Å². The summed E-state index contributed by atoms with van der Waals surface area (Å²) in [5, 5.41) is 14.2. The van der Waals surface area contributed by atoms with Crippen molar-refractivity contribution in [3.63, 3.8) is 0 Å². The first-order valence-electron chi connectivity index (χ1n) is 9.63. The van der Waals surface area contributed by atoms with Crippen LogP contribution in [0.25, 0.3) is 0 Å². The maximum atomic E-state index is 12.2. The number of amides is 2. The van der Waals surface area contributed by atoms with Crippen molar-refractivity contribution in [3.8, 4) is 11.8 Å². The van der Waals surface area contributed by atoms with Crippen LogP contribution in [-0.2, 0) is 9.59 Å². The second kappa shape index (κ2) is 11.5. The molecule has 2 aromatic rings. The van der Waals surface area contributed by atoms with E-state index in [0.717, 1.165) is 17.7 Å². The lowest BCUT2D eigenvalue weighted by molar-refractivity contribution is -0.123. The zero-order valence-corrected chi connectivity index (χ0v) is 16.8. The van der Waals surface area contributed by atoms with Crippen molar-refractivity contribution in [3.05, 3.63) is 65.2 Å². The summed E-state index contributed by atoms with van der Waals surface area (Å²) >= 11 is 0. The molecule has 0 saturated carbocycles. The van der Waals surface area contributed by atoms with Crippen molar-refractivity contribution >= 4 is 23.3 Å². The standard InChI is InChI=1S/C23H25N3O4/c1-2-3-22(29)25-19-12-8-17(9-13-19)5-4-16-6-10-18(11-7-16)23(30)26-20(14-24)21(28)15-27/h6-13,20,27H,2-3,14-15,24H2,1H3,(H,25,29)(H,26,30)/t20-/m0/s1. The third kappa shape index (κ3) is 6.85. The summed E-state index contributed by atoms with van der Waals surface area (Å²) in [5.74, 6) is 5.03. The van der Waals surface area contributed by atoms with Crippen LogP contribution in [0.15, 0.2) is 48.5 Å². The monoisotopic (exact) mass is 407 g/mol. The molecule has 2 rings (SSSR count). The Balaban J connectivity index is 1.99. The highest BCUT2D eigenvalue weighted by Crippen LogP contribution is 2.10. The summed E-state index contributed by atoms with van der Waals surface area (Å²) in [6, 6.07) is 12.9. The van der Waals surface area contributed by atoms with Gasteiger partial charge in [0.2, 0.25) is 5.91 Å². The van der Waals surface area contributed by atoms with E-state index in [-0.39, 0.29) is 12.5 Å². The largest absolute Gasteiger partial charge is 0.388 e. The molecule has 0 aliphatic rings. The van der Waals surface area contributed by atoms with E-state index in [2.05, 4.69) is 22.5 Å². The topological polar surface area (TPSA) is 122 Å². The lowest BCUT2D eigenvalue weighted by Crippen LogP contribution is -2.46. The number of anilines is 1. The highest BCUT2D eigenvalue weighted by Gasteiger charge is 2.18. The van der Waals surface area contributed by atoms with E-state index in [9.17, 15) is 14.4 Å². The van der Waals surface area contributed by atoms with Crippen LogP contribution in [0.1, 0.15) is 41.3 Å². The van der Waals surface area contributed by atoms with Gasteiger partial charge in [0.05, 0.1) is 0 Å². The molecule has 0 fully saturated rings. The fourth-order valence-electron chi connectivity index (χ4n) is 2.56. The number of benzene rings is 2. The van der Waals surface area contributed by atoms with Crippen LogP contribution in [0.4, 0.5) is 5.69 Å². The number of ketones is 1. The molecule has 0 saturated heterocycles. The molecule has 0 radical (unpaired) electrons. The van der Waals surface area contributed by atoms with Crippen LogP contribution in [0.2, 0.25) is 0 Å². The number of carbonyl (C=O) groups is 3. The van der Waals surface area contributed by atoms with Gasteiger partial charge in [-0.2, -0.15) is 0 Å². The molecule has 2 amide bonds.